The number of benzene rings is 2. The quantitative estimate of drug-likeness (QED) is 0.559. The van der Waals surface area contributed by atoms with Crippen LogP contribution in [0.3, 0.4) is 0 Å². The lowest BCUT2D eigenvalue weighted by Crippen LogP contribution is -2.11. The number of anilines is 1. The second-order valence-corrected chi connectivity index (χ2v) is 5.79. The molecule has 2 aromatic carbocycles. The topological polar surface area (TPSA) is 21.7 Å². The maximum atomic E-state index is 5.69. The fourth-order valence-corrected chi connectivity index (χ4v) is 2.06. The average Bonchev–Trinajstić information content (AvgIpc) is 2.46. The number of hydrogen-bond donors (Lipinski definition) is 0. The van der Waals surface area contributed by atoms with E-state index in [2.05, 4.69) is 33.6 Å². The van der Waals surface area contributed by atoms with Gasteiger partial charge in [0.25, 0.3) is 0 Å². The maximum Gasteiger partial charge on any atom is 0.122 e. The average molecular weight is 383 g/mol. The minimum Gasteiger partial charge on any atom is -0.490 e. The van der Waals surface area contributed by atoms with Gasteiger partial charge in [0.05, 0.1) is 0 Å². The first-order valence-electron chi connectivity index (χ1n) is 6.44. The van der Waals surface area contributed by atoms with E-state index in [9.17, 15) is 0 Å². The monoisotopic (exact) mass is 383 g/mol. The molecule has 0 unspecified atom stereocenters. The van der Waals surface area contributed by atoms with Gasteiger partial charge in [0.15, 0.2) is 0 Å². The maximum absolute atomic E-state index is 5.69. The van der Waals surface area contributed by atoms with Gasteiger partial charge in [-0.25, -0.2) is 0 Å². The fourth-order valence-electron chi connectivity index (χ4n) is 1.70. The molecule has 0 fully saturated rings. The fraction of sp³-hybridized carbons (Fsp3) is 0.250. The van der Waals surface area contributed by atoms with Crippen molar-refractivity contribution < 1.29 is 9.47 Å². The Balaban J connectivity index is 1.78. The van der Waals surface area contributed by atoms with E-state index in [1.54, 1.807) is 0 Å². The number of hydrogen-bond acceptors (Lipinski definition) is 3. The smallest absolute Gasteiger partial charge is 0.122 e. The highest BCUT2D eigenvalue weighted by Gasteiger charge is 1.99. The van der Waals surface area contributed by atoms with Gasteiger partial charge in [0, 0.05) is 29.4 Å². The molecule has 0 aliphatic rings. The Morgan fingerprint density at radius 3 is 2.20 bits per heavy atom. The third-order valence-corrected chi connectivity index (χ3v) is 3.49. The van der Waals surface area contributed by atoms with E-state index >= 15 is 0 Å². The SMILES string of the molecule is CN(C)c1cccc(OCCOc2ccc(I)cc2)c1. The number of halogens is 1. The number of ether oxygens (including phenoxy) is 2. The molecule has 4 heteroatoms. The first kappa shape index (κ1) is 15.0. The van der Waals surface area contributed by atoms with Crippen LogP contribution >= 0.6 is 22.6 Å². The van der Waals surface area contributed by atoms with Crippen LogP contribution in [-0.4, -0.2) is 27.3 Å². The van der Waals surface area contributed by atoms with Crippen molar-refractivity contribution in [1.82, 2.24) is 0 Å². The molecule has 106 valence electrons. The van der Waals surface area contributed by atoms with Crippen LogP contribution in [0.2, 0.25) is 0 Å². The van der Waals surface area contributed by atoms with Crippen molar-refractivity contribution in [1.29, 1.82) is 0 Å². The summed E-state index contributed by atoms with van der Waals surface area (Å²) < 4.78 is 12.5. The summed E-state index contributed by atoms with van der Waals surface area (Å²) in [7, 11) is 4.03. The predicted octanol–water partition coefficient (Wildman–Crippen LogP) is 3.82. The molecule has 0 aliphatic carbocycles. The minimum atomic E-state index is 0.531. The first-order valence-corrected chi connectivity index (χ1v) is 7.51. The first-order chi connectivity index (χ1) is 9.65. The van der Waals surface area contributed by atoms with Crippen LogP contribution in [0, 0.1) is 3.57 Å². The van der Waals surface area contributed by atoms with Crippen molar-refractivity contribution in [3.63, 3.8) is 0 Å². The van der Waals surface area contributed by atoms with Crippen LogP contribution in [0.15, 0.2) is 48.5 Å². The molecule has 0 aliphatic heterocycles. The molecule has 0 heterocycles. The van der Waals surface area contributed by atoms with Gasteiger partial charge in [0.2, 0.25) is 0 Å². The van der Waals surface area contributed by atoms with Crippen molar-refractivity contribution >= 4 is 28.3 Å². The molecule has 3 nitrogen and oxygen atoms in total. The highest BCUT2D eigenvalue weighted by Crippen LogP contribution is 2.19. The lowest BCUT2D eigenvalue weighted by atomic mass is 10.3. The third-order valence-electron chi connectivity index (χ3n) is 2.77. The normalized spacial score (nSPS) is 10.2. The summed E-state index contributed by atoms with van der Waals surface area (Å²) >= 11 is 2.27. The minimum absolute atomic E-state index is 0.531. The Hall–Kier alpha value is -1.43. The van der Waals surface area contributed by atoms with Gasteiger partial charge < -0.3 is 14.4 Å². The Kier molecular flexibility index (Phi) is 5.52. The zero-order valence-corrected chi connectivity index (χ0v) is 13.8. The predicted molar refractivity (Wildman–Crippen MR) is 90.9 cm³/mol. The second kappa shape index (κ2) is 7.38. The highest BCUT2D eigenvalue weighted by molar-refractivity contribution is 14.1. The summed E-state index contributed by atoms with van der Waals surface area (Å²) in [4.78, 5) is 2.05. The lowest BCUT2D eigenvalue weighted by molar-refractivity contribution is 0.217. The van der Waals surface area contributed by atoms with Crippen molar-refractivity contribution in [2.45, 2.75) is 0 Å². The molecular weight excluding hydrogens is 365 g/mol. The Morgan fingerprint density at radius 2 is 1.55 bits per heavy atom. The second-order valence-electron chi connectivity index (χ2n) is 4.54. The molecule has 20 heavy (non-hydrogen) atoms. The molecule has 0 atom stereocenters. The standard InChI is InChI=1S/C16H18INO2/c1-18(2)14-4-3-5-16(12-14)20-11-10-19-15-8-6-13(17)7-9-15/h3-9,12H,10-11H2,1-2H3. The van der Waals surface area contributed by atoms with Crippen LogP contribution in [0.1, 0.15) is 0 Å². The number of rotatable bonds is 6. The van der Waals surface area contributed by atoms with E-state index in [-0.39, 0.29) is 0 Å². The van der Waals surface area contributed by atoms with Crippen LogP contribution in [0.4, 0.5) is 5.69 Å². The molecule has 0 spiro atoms. The van der Waals surface area contributed by atoms with Crippen LogP contribution < -0.4 is 14.4 Å². The molecule has 0 bridgehead atoms. The van der Waals surface area contributed by atoms with Crippen molar-refractivity contribution in [3.05, 3.63) is 52.1 Å². The summed E-state index contributed by atoms with van der Waals surface area (Å²) in [5, 5.41) is 0. The highest BCUT2D eigenvalue weighted by atomic mass is 127. The van der Waals surface area contributed by atoms with Crippen molar-refractivity contribution in [2.24, 2.45) is 0 Å². The third kappa shape index (κ3) is 4.59. The van der Waals surface area contributed by atoms with Gasteiger partial charge >= 0.3 is 0 Å². The summed E-state index contributed by atoms with van der Waals surface area (Å²) in [6, 6.07) is 16.0. The van der Waals surface area contributed by atoms with E-state index in [1.807, 2.05) is 56.6 Å². The van der Waals surface area contributed by atoms with Gasteiger partial charge in [-0.2, -0.15) is 0 Å². The lowest BCUT2D eigenvalue weighted by Gasteiger charge is -2.14. The van der Waals surface area contributed by atoms with Gasteiger partial charge in [-0.1, -0.05) is 6.07 Å². The Morgan fingerprint density at radius 1 is 0.900 bits per heavy atom. The van der Waals surface area contributed by atoms with E-state index < -0.39 is 0 Å². The summed E-state index contributed by atoms with van der Waals surface area (Å²) in [6.07, 6.45) is 0. The van der Waals surface area contributed by atoms with E-state index in [1.165, 1.54) is 3.57 Å². The van der Waals surface area contributed by atoms with Gasteiger partial charge in [-0.05, 0) is 59.0 Å². The van der Waals surface area contributed by atoms with Gasteiger partial charge in [-0.15, -0.1) is 0 Å². The molecular formula is C16H18INO2. The zero-order chi connectivity index (χ0) is 14.4. The van der Waals surface area contributed by atoms with Crippen molar-refractivity contribution in [2.75, 3.05) is 32.2 Å². The van der Waals surface area contributed by atoms with E-state index in [4.69, 9.17) is 9.47 Å². The molecule has 0 saturated heterocycles. The Labute approximate surface area is 133 Å². The molecule has 0 N–H and O–H groups in total. The zero-order valence-electron chi connectivity index (χ0n) is 11.7. The van der Waals surface area contributed by atoms with Crippen LogP contribution in [-0.2, 0) is 0 Å². The Bertz CT molecular complexity index is 540. The van der Waals surface area contributed by atoms with Crippen LogP contribution in [0.5, 0.6) is 11.5 Å². The number of nitrogens with zero attached hydrogens (tertiary/aromatic N) is 1. The van der Waals surface area contributed by atoms with Gasteiger partial charge in [0.1, 0.15) is 24.7 Å². The summed E-state index contributed by atoms with van der Waals surface area (Å²) in [5.74, 6) is 1.73. The van der Waals surface area contributed by atoms with Crippen molar-refractivity contribution in [3.8, 4) is 11.5 Å². The van der Waals surface area contributed by atoms with E-state index in [0.29, 0.717) is 13.2 Å². The molecule has 0 saturated carbocycles. The van der Waals surface area contributed by atoms with Crippen LogP contribution in [0.25, 0.3) is 0 Å². The molecule has 0 radical (unpaired) electrons. The summed E-state index contributed by atoms with van der Waals surface area (Å²) in [5.41, 5.74) is 1.13. The molecule has 0 amide bonds. The molecule has 2 aromatic rings. The summed E-state index contributed by atoms with van der Waals surface area (Å²) in [6.45, 7) is 1.07. The van der Waals surface area contributed by atoms with Gasteiger partial charge in [-0.3, -0.25) is 0 Å². The molecule has 2 rings (SSSR count). The van der Waals surface area contributed by atoms with E-state index in [0.717, 1.165) is 17.2 Å². The molecule has 0 aromatic heterocycles. The largest absolute Gasteiger partial charge is 0.490 e.